The van der Waals surface area contributed by atoms with Crippen LogP contribution in [0.2, 0.25) is 0 Å². The van der Waals surface area contributed by atoms with E-state index in [0.29, 0.717) is 19.3 Å². The van der Waals surface area contributed by atoms with E-state index in [0.717, 1.165) is 116 Å². The Kier molecular flexibility index (Phi) is 54.3. The third kappa shape index (κ3) is 55.4. The highest BCUT2D eigenvalue weighted by atomic mass is 16.6. The van der Waals surface area contributed by atoms with Crippen molar-refractivity contribution in [2.24, 2.45) is 0 Å². The second-order valence-electron chi connectivity index (χ2n) is 19.2. The Morgan fingerprint density at radius 2 is 0.565 bits per heavy atom. The Morgan fingerprint density at radius 1 is 0.304 bits per heavy atom. The Bertz CT molecular complexity index is 1330. The van der Waals surface area contributed by atoms with Crippen LogP contribution in [0.4, 0.5) is 0 Å². The lowest BCUT2D eigenvalue weighted by Crippen LogP contribution is -2.30. The second-order valence-corrected chi connectivity index (χ2v) is 19.2. The number of ether oxygens (including phenoxy) is 3. The van der Waals surface area contributed by atoms with Crippen molar-refractivity contribution in [2.75, 3.05) is 13.2 Å². The van der Waals surface area contributed by atoms with Crippen LogP contribution in [-0.2, 0) is 28.6 Å². The first-order valence-electron chi connectivity index (χ1n) is 29.1. The quantitative estimate of drug-likeness (QED) is 0.0262. The summed E-state index contributed by atoms with van der Waals surface area (Å²) in [5.74, 6) is -0.917. The highest BCUT2D eigenvalue weighted by molar-refractivity contribution is 5.71. The summed E-state index contributed by atoms with van der Waals surface area (Å²) in [7, 11) is 0. The summed E-state index contributed by atoms with van der Waals surface area (Å²) >= 11 is 0. The van der Waals surface area contributed by atoms with Gasteiger partial charge in [0.25, 0.3) is 0 Å². The van der Waals surface area contributed by atoms with Crippen LogP contribution in [0.3, 0.4) is 0 Å². The predicted molar refractivity (Wildman–Crippen MR) is 297 cm³/mol. The van der Waals surface area contributed by atoms with E-state index in [1.807, 2.05) is 0 Å². The molecule has 0 heterocycles. The lowest BCUT2D eigenvalue weighted by Gasteiger charge is -2.18. The number of hydrogen-bond donors (Lipinski definition) is 0. The molecule has 0 rings (SSSR count). The number of carbonyl (C=O) groups excluding carboxylic acids is 3. The molecule has 0 aromatic heterocycles. The minimum atomic E-state index is -0.793. The van der Waals surface area contributed by atoms with E-state index < -0.39 is 6.10 Å². The van der Waals surface area contributed by atoms with Gasteiger partial charge in [0, 0.05) is 19.3 Å². The van der Waals surface area contributed by atoms with Crippen LogP contribution in [0.5, 0.6) is 0 Å². The molecule has 396 valence electrons. The molecule has 0 aliphatic rings. The van der Waals surface area contributed by atoms with Gasteiger partial charge in [-0.1, -0.05) is 228 Å². The molecule has 0 saturated heterocycles. The van der Waals surface area contributed by atoms with E-state index in [4.69, 9.17) is 14.2 Å². The number of hydrogen-bond acceptors (Lipinski definition) is 6. The molecule has 1 atom stereocenters. The molecule has 0 aliphatic heterocycles. The summed E-state index contributed by atoms with van der Waals surface area (Å²) in [6, 6.07) is 0. The monoisotopic (exact) mass is 961 g/mol. The zero-order chi connectivity index (χ0) is 50.0. The Balaban J connectivity index is 4.43. The molecule has 0 fully saturated rings. The molecule has 0 radical (unpaired) electrons. The first-order valence-corrected chi connectivity index (χ1v) is 29.1. The van der Waals surface area contributed by atoms with Crippen molar-refractivity contribution >= 4 is 17.9 Å². The minimum Gasteiger partial charge on any atom is -0.462 e. The molecule has 0 aromatic carbocycles. The van der Waals surface area contributed by atoms with Crippen LogP contribution in [0, 0.1) is 0 Å². The van der Waals surface area contributed by atoms with Crippen molar-refractivity contribution in [1.82, 2.24) is 0 Å². The smallest absolute Gasteiger partial charge is 0.306 e. The number of esters is 3. The van der Waals surface area contributed by atoms with E-state index >= 15 is 0 Å². The van der Waals surface area contributed by atoms with Crippen LogP contribution >= 0.6 is 0 Å². The van der Waals surface area contributed by atoms with Gasteiger partial charge in [-0.25, -0.2) is 0 Å². The second kappa shape index (κ2) is 57.2. The summed E-state index contributed by atoms with van der Waals surface area (Å²) in [6.45, 7) is 6.48. The maximum atomic E-state index is 12.9. The number of unbranched alkanes of at least 4 members (excludes halogenated alkanes) is 27. The molecule has 0 amide bonds. The fraction of sp³-hybridized carbons (Fsp3) is 0.730. The average molecular weight is 962 g/mol. The van der Waals surface area contributed by atoms with Gasteiger partial charge in [-0.2, -0.15) is 0 Å². The fourth-order valence-corrected chi connectivity index (χ4v) is 7.99. The van der Waals surface area contributed by atoms with Crippen LogP contribution in [0.15, 0.2) is 85.1 Å². The molecule has 0 N–H and O–H groups in total. The lowest BCUT2D eigenvalue weighted by molar-refractivity contribution is -0.167. The van der Waals surface area contributed by atoms with E-state index in [9.17, 15) is 14.4 Å². The van der Waals surface area contributed by atoms with Crippen molar-refractivity contribution < 1.29 is 28.6 Å². The van der Waals surface area contributed by atoms with Gasteiger partial charge in [0.1, 0.15) is 13.2 Å². The normalized spacial score (nSPS) is 12.7. The summed E-state index contributed by atoms with van der Waals surface area (Å²) in [6.07, 6.45) is 74.2. The molecule has 0 saturated carbocycles. The van der Waals surface area contributed by atoms with Gasteiger partial charge >= 0.3 is 17.9 Å². The largest absolute Gasteiger partial charge is 0.462 e. The Morgan fingerprint density at radius 3 is 0.928 bits per heavy atom. The van der Waals surface area contributed by atoms with E-state index in [-0.39, 0.29) is 31.1 Å². The highest BCUT2D eigenvalue weighted by Gasteiger charge is 2.19. The molecular weight excluding hydrogens is 853 g/mol. The first kappa shape index (κ1) is 65.6. The van der Waals surface area contributed by atoms with Gasteiger partial charge in [-0.15, -0.1) is 0 Å². The van der Waals surface area contributed by atoms with Crippen LogP contribution in [0.1, 0.15) is 278 Å². The standard InChI is InChI=1S/C63H108O6/c1-4-7-10-13-16-19-22-25-28-30-31-33-35-38-41-44-47-50-53-56-62(65)68-59-60(58-67-61(64)55-52-49-46-43-40-37-34-27-24-21-18-15-12-9-6-3)69-63(66)57-54-51-48-45-42-39-36-32-29-26-23-20-17-14-11-8-5-2/h9,12,16,18-19,21,25-29,31,33-34,60H,4-8,10-11,13-15,17,20,22-24,30,32,35-59H2,1-3H3/b12-9-,19-16-,21-18-,28-25-,29-26-,33-31-,34-27-. The van der Waals surface area contributed by atoms with Gasteiger partial charge in [0.2, 0.25) is 0 Å². The molecule has 0 aromatic rings. The maximum Gasteiger partial charge on any atom is 0.306 e. The van der Waals surface area contributed by atoms with Crippen LogP contribution in [0.25, 0.3) is 0 Å². The molecule has 1 unspecified atom stereocenters. The van der Waals surface area contributed by atoms with Gasteiger partial charge in [-0.05, 0) is 116 Å². The van der Waals surface area contributed by atoms with E-state index in [1.54, 1.807) is 0 Å². The molecule has 0 spiro atoms. The predicted octanol–water partition coefficient (Wildman–Crippen LogP) is 19.5. The topological polar surface area (TPSA) is 78.9 Å². The van der Waals surface area contributed by atoms with Crippen molar-refractivity contribution in [3.63, 3.8) is 0 Å². The minimum absolute atomic E-state index is 0.0907. The van der Waals surface area contributed by atoms with Gasteiger partial charge < -0.3 is 14.2 Å². The summed E-state index contributed by atoms with van der Waals surface area (Å²) in [5, 5.41) is 0. The van der Waals surface area contributed by atoms with Crippen LogP contribution < -0.4 is 0 Å². The van der Waals surface area contributed by atoms with Gasteiger partial charge in [0.15, 0.2) is 6.10 Å². The van der Waals surface area contributed by atoms with Crippen molar-refractivity contribution in [3.05, 3.63) is 85.1 Å². The summed E-state index contributed by atoms with van der Waals surface area (Å²) in [5.41, 5.74) is 0. The molecular formula is C63H108O6. The molecule has 0 aliphatic carbocycles. The van der Waals surface area contributed by atoms with E-state index in [1.165, 1.54) is 122 Å². The molecule has 6 heteroatoms. The summed E-state index contributed by atoms with van der Waals surface area (Å²) in [4.78, 5) is 38.2. The average Bonchev–Trinajstić information content (AvgIpc) is 3.35. The van der Waals surface area contributed by atoms with Gasteiger partial charge in [0.05, 0.1) is 0 Å². The first-order chi connectivity index (χ1) is 34.0. The number of rotatable bonds is 52. The highest BCUT2D eigenvalue weighted by Crippen LogP contribution is 2.15. The molecule has 6 nitrogen and oxygen atoms in total. The van der Waals surface area contributed by atoms with Crippen molar-refractivity contribution in [3.8, 4) is 0 Å². The molecule has 69 heavy (non-hydrogen) atoms. The lowest BCUT2D eigenvalue weighted by atomic mass is 10.1. The SMILES string of the molecule is CC/C=C\C/C=C\C/C=C\CCCCCCCC(=O)OCC(COC(=O)CCCCCCCC/C=C\C/C=C\C/C=C\CCCCC)OC(=O)CCCCCCCCC/C=C\CCCCCCCC. The zero-order valence-corrected chi connectivity index (χ0v) is 45.3. The Hall–Kier alpha value is -3.41. The van der Waals surface area contributed by atoms with Crippen molar-refractivity contribution in [1.29, 1.82) is 0 Å². The van der Waals surface area contributed by atoms with Gasteiger partial charge in [-0.3, -0.25) is 14.4 Å². The number of carbonyl (C=O) groups is 3. The zero-order valence-electron chi connectivity index (χ0n) is 45.3. The summed E-state index contributed by atoms with van der Waals surface area (Å²) < 4.78 is 16.9. The maximum absolute atomic E-state index is 12.9. The Labute approximate surface area is 426 Å². The van der Waals surface area contributed by atoms with E-state index in [2.05, 4.69) is 106 Å². The fourth-order valence-electron chi connectivity index (χ4n) is 7.99. The third-order valence-electron chi connectivity index (χ3n) is 12.4. The van der Waals surface area contributed by atoms with Crippen molar-refractivity contribution in [2.45, 2.75) is 284 Å². The number of allylic oxidation sites excluding steroid dienone is 14. The van der Waals surface area contributed by atoms with Crippen LogP contribution in [-0.4, -0.2) is 37.2 Å². The molecule has 0 bridgehead atoms. The third-order valence-corrected chi connectivity index (χ3v) is 12.4.